The Bertz CT molecular complexity index is 445. The predicted octanol–water partition coefficient (Wildman–Crippen LogP) is 2.72. The zero-order valence-corrected chi connectivity index (χ0v) is 10.7. The molecule has 17 heavy (non-hydrogen) atoms. The highest BCUT2D eigenvalue weighted by atomic mass is 35.5. The molecule has 1 atom stereocenters. The van der Waals surface area contributed by atoms with Crippen LogP contribution in [0.25, 0.3) is 0 Å². The van der Waals surface area contributed by atoms with Gasteiger partial charge in [-0.1, -0.05) is 29.3 Å². The third-order valence-corrected chi connectivity index (χ3v) is 3.29. The van der Waals surface area contributed by atoms with Crippen LogP contribution in [0.3, 0.4) is 0 Å². The molecule has 0 spiro atoms. The molecule has 0 N–H and O–H groups in total. The largest absolute Gasteiger partial charge is 0.361 e. The van der Waals surface area contributed by atoms with Gasteiger partial charge >= 0.3 is 0 Å². The molecular formula is C12H12Cl2N2O. The second kappa shape index (κ2) is 5.70. The van der Waals surface area contributed by atoms with Crippen LogP contribution in [0.5, 0.6) is 0 Å². The minimum Gasteiger partial charge on any atom is -0.361 e. The molecule has 0 amide bonds. The lowest BCUT2D eigenvalue weighted by Gasteiger charge is -2.29. The lowest BCUT2D eigenvalue weighted by molar-refractivity contribution is -0.00268. The molecule has 1 fully saturated rings. The van der Waals surface area contributed by atoms with Gasteiger partial charge in [0.25, 0.3) is 0 Å². The van der Waals surface area contributed by atoms with Crippen LogP contribution in [-0.2, 0) is 11.3 Å². The molecule has 0 aromatic heterocycles. The molecule has 1 aliphatic rings. The standard InChI is InChI=1S/C12H12Cl2N2O/c13-10-2-1-9(12(14)5-10)7-16-3-4-17-11(6-15)8-16/h1-2,5,11H,3-4,7-8H2. The van der Waals surface area contributed by atoms with Crippen molar-refractivity contribution in [2.24, 2.45) is 0 Å². The maximum absolute atomic E-state index is 8.82. The van der Waals surface area contributed by atoms with E-state index in [1.54, 1.807) is 6.07 Å². The van der Waals surface area contributed by atoms with Gasteiger partial charge in [0.05, 0.1) is 12.7 Å². The molecule has 1 unspecified atom stereocenters. The van der Waals surface area contributed by atoms with E-state index in [-0.39, 0.29) is 6.10 Å². The summed E-state index contributed by atoms with van der Waals surface area (Å²) in [5.74, 6) is 0. The first-order chi connectivity index (χ1) is 8.19. The molecule has 0 aliphatic carbocycles. The maximum atomic E-state index is 8.82. The minimum atomic E-state index is -0.338. The Morgan fingerprint density at radius 3 is 3.00 bits per heavy atom. The van der Waals surface area contributed by atoms with E-state index < -0.39 is 0 Å². The molecule has 0 radical (unpaired) electrons. The highest BCUT2D eigenvalue weighted by molar-refractivity contribution is 6.35. The number of nitrogens with zero attached hydrogens (tertiary/aromatic N) is 2. The molecule has 1 heterocycles. The Morgan fingerprint density at radius 1 is 1.47 bits per heavy atom. The molecule has 90 valence electrons. The van der Waals surface area contributed by atoms with Crippen LogP contribution >= 0.6 is 23.2 Å². The molecule has 2 rings (SSSR count). The minimum absolute atomic E-state index is 0.338. The first-order valence-corrected chi connectivity index (χ1v) is 6.12. The summed E-state index contributed by atoms with van der Waals surface area (Å²) in [5, 5.41) is 10.1. The maximum Gasteiger partial charge on any atom is 0.156 e. The summed E-state index contributed by atoms with van der Waals surface area (Å²) in [6.45, 7) is 2.74. The number of ether oxygens (including phenoxy) is 1. The number of benzene rings is 1. The van der Waals surface area contributed by atoms with E-state index >= 15 is 0 Å². The van der Waals surface area contributed by atoms with Crippen LogP contribution in [0.2, 0.25) is 10.0 Å². The number of nitriles is 1. The molecule has 1 aliphatic heterocycles. The van der Waals surface area contributed by atoms with E-state index in [2.05, 4.69) is 11.0 Å². The van der Waals surface area contributed by atoms with Gasteiger partial charge in [0.2, 0.25) is 0 Å². The summed E-state index contributed by atoms with van der Waals surface area (Å²) in [6, 6.07) is 7.60. The van der Waals surface area contributed by atoms with Gasteiger partial charge < -0.3 is 4.74 Å². The van der Waals surface area contributed by atoms with Crippen LogP contribution in [0.15, 0.2) is 18.2 Å². The van der Waals surface area contributed by atoms with Crippen molar-refractivity contribution in [1.82, 2.24) is 4.90 Å². The zero-order chi connectivity index (χ0) is 12.3. The second-order valence-corrected chi connectivity index (χ2v) is 4.80. The van der Waals surface area contributed by atoms with E-state index in [0.717, 1.165) is 18.7 Å². The fraction of sp³-hybridized carbons (Fsp3) is 0.417. The first kappa shape index (κ1) is 12.7. The van der Waals surface area contributed by atoms with Crippen molar-refractivity contribution in [3.05, 3.63) is 33.8 Å². The molecule has 1 aromatic rings. The Labute approximate surface area is 110 Å². The average molecular weight is 271 g/mol. The van der Waals surface area contributed by atoms with Crippen LogP contribution in [-0.4, -0.2) is 30.7 Å². The van der Waals surface area contributed by atoms with E-state index in [1.165, 1.54) is 0 Å². The Kier molecular flexibility index (Phi) is 4.25. The van der Waals surface area contributed by atoms with E-state index in [0.29, 0.717) is 23.2 Å². The van der Waals surface area contributed by atoms with Gasteiger partial charge in [0.1, 0.15) is 0 Å². The molecule has 5 heteroatoms. The topological polar surface area (TPSA) is 36.3 Å². The van der Waals surface area contributed by atoms with Crippen LogP contribution in [0.4, 0.5) is 0 Å². The summed E-state index contributed by atoms with van der Waals surface area (Å²) in [6.07, 6.45) is -0.338. The number of hydrogen-bond donors (Lipinski definition) is 0. The van der Waals surface area contributed by atoms with Gasteiger partial charge in [-0.3, -0.25) is 4.90 Å². The molecule has 1 aromatic carbocycles. The summed E-state index contributed by atoms with van der Waals surface area (Å²) in [5.41, 5.74) is 1.02. The quantitative estimate of drug-likeness (QED) is 0.829. The predicted molar refractivity (Wildman–Crippen MR) is 67.1 cm³/mol. The third kappa shape index (κ3) is 3.34. The first-order valence-electron chi connectivity index (χ1n) is 5.36. The van der Waals surface area contributed by atoms with Crippen LogP contribution in [0.1, 0.15) is 5.56 Å². The van der Waals surface area contributed by atoms with Crippen molar-refractivity contribution in [2.45, 2.75) is 12.6 Å². The number of rotatable bonds is 2. The fourth-order valence-electron chi connectivity index (χ4n) is 1.82. The lowest BCUT2D eigenvalue weighted by atomic mass is 10.2. The van der Waals surface area contributed by atoms with Gasteiger partial charge in [-0.05, 0) is 17.7 Å². The highest BCUT2D eigenvalue weighted by Crippen LogP contribution is 2.22. The average Bonchev–Trinajstić information content (AvgIpc) is 2.33. The molecule has 3 nitrogen and oxygen atoms in total. The smallest absolute Gasteiger partial charge is 0.156 e. The van der Waals surface area contributed by atoms with Crippen molar-refractivity contribution in [2.75, 3.05) is 19.7 Å². The lowest BCUT2D eigenvalue weighted by Crippen LogP contribution is -2.41. The number of morpholine rings is 1. The monoisotopic (exact) mass is 270 g/mol. The molecule has 0 bridgehead atoms. The van der Waals surface area contributed by atoms with Gasteiger partial charge in [-0.2, -0.15) is 5.26 Å². The summed E-state index contributed by atoms with van der Waals surface area (Å²) >= 11 is 12.0. The Hall–Kier alpha value is -0.790. The second-order valence-electron chi connectivity index (χ2n) is 3.96. The van der Waals surface area contributed by atoms with Gasteiger partial charge in [-0.25, -0.2) is 0 Å². The van der Waals surface area contributed by atoms with Crippen molar-refractivity contribution >= 4 is 23.2 Å². The van der Waals surface area contributed by atoms with Crippen molar-refractivity contribution in [1.29, 1.82) is 5.26 Å². The molecular weight excluding hydrogens is 259 g/mol. The number of hydrogen-bond acceptors (Lipinski definition) is 3. The number of halogens is 2. The normalized spacial score (nSPS) is 21.1. The van der Waals surface area contributed by atoms with Crippen LogP contribution in [0, 0.1) is 11.3 Å². The molecule has 0 saturated carbocycles. The zero-order valence-electron chi connectivity index (χ0n) is 9.20. The van der Waals surface area contributed by atoms with Gasteiger partial charge in [0, 0.05) is 29.7 Å². The molecule has 1 saturated heterocycles. The van der Waals surface area contributed by atoms with E-state index in [4.69, 9.17) is 33.2 Å². The van der Waals surface area contributed by atoms with Gasteiger partial charge in [-0.15, -0.1) is 0 Å². The SMILES string of the molecule is N#CC1CN(Cc2ccc(Cl)cc2Cl)CCO1. The van der Waals surface area contributed by atoms with Crippen molar-refractivity contribution in [3.63, 3.8) is 0 Å². The summed E-state index contributed by atoms with van der Waals surface area (Å²) < 4.78 is 5.29. The van der Waals surface area contributed by atoms with Gasteiger partial charge in [0.15, 0.2) is 6.10 Å². The fourth-order valence-corrected chi connectivity index (χ4v) is 2.28. The van der Waals surface area contributed by atoms with Crippen LogP contribution < -0.4 is 0 Å². The van der Waals surface area contributed by atoms with E-state index in [9.17, 15) is 0 Å². The highest BCUT2D eigenvalue weighted by Gasteiger charge is 2.20. The Morgan fingerprint density at radius 2 is 2.29 bits per heavy atom. The van der Waals surface area contributed by atoms with Crippen molar-refractivity contribution < 1.29 is 4.74 Å². The van der Waals surface area contributed by atoms with E-state index in [1.807, 2.05) is 12.1 Å². The Balaban J connectivity index is 2.03. The summed E-state index contributed by atoms with van der Waals surface area (Å²) in [7, 11) is 0. The third-order valence-electron chi connectivity index (χ3n) is 2.70. The van der Waals surface area contributed by atoms with Crippen molar-refractivity contribution in [3.8, 4) is 6.07 Å². The summed E-state index contributed by atoms with van der Waals surface area (Å²) in [4.78, 5) is 2.16.